The highest BCUT2D eigenvalue weighted by molar-refractivity contribution is 6.39. The molecule has 71 heavy (non-hydrogen) atoms. The molecule has 0 bridgehead atoms. The molecule has 394 valence electrons. The lowest BCUT2D eigenvalue weighted by molar-refractivity contribution is -0.150. The molecule has 2 aliphatic heterocycles. The van der Waals surface area contributed by atoms with Crippen LogP contribution >= 0.6 is 12.4 Å². The standard InChI is InChI=1S/C22H32BN4O7.C16H24N2O4.C6H10BN2O4.CH4.ClH/c1-13(2)10-16(21(32)33-12-14-6-4-3-5-7-14)25-20(31)17(11-28)26-19(30)15(8-9-18(24)29)27-22-23-34-22;1-11(2)8-14(18-15(20)13(17)9-19)16(21)22-10-12-6-4-3-5-7-12;8-4(10)2-1-3(5(11)12)9-6-7-13-6;;/h3-7,13,15-17,22,27-28H,8-12H2,1-2H3,(H2,24,29)(H,25,31)(H,26,30);3-7,11,13-14,19H,8-10,17H2,1-2H3,(H,18,20);3,6,9H,1-2H2,(H2,8,10)(H,11,12);1H4;1H/t15-,16-,17-,22?;13-,14-;3-,6?;;/m000../s1. The third kappa shape index (κ3) is 29.3. The van der Waals surface area contributed by atoms with Crippen molar-refractivity contribution in [2.24, 2.45) is 29.0 Å². The van der Waals surface area contributed by atoms with E-state index in [1.54, 1.807) is 0 Å². The molecule has 2 heterocycles. The van der Waals surface area contributed by atoms with Gasteiger partial charge in [-0.1, -0.05) is 95.8 Å². The highest BCUT2D eigenvalue weighted by Gasteiger charge is 2.35. The third-order valence-corrected chi connectivity index (χ3v) is 9.66. The third-order valence-electron chi connectivity index (χ3n) is 9.66. The molecule has 14 N–H and O–H groups in total. The lowest BCUT2D eigenvalue weighted by atomic mass is 10.0. The summed E-state index contributed by atoms with van der Waals surface area (Å²) in [7, 11) is 2.93. The van der Waals surface area contributed by atoms with Crippen LogP contribution in [-0.2, 0) is 70.4 Å². The highest BCUT2D eigenvalue weighted by atomic mass is 35.5. The summed E-state index contributed by atoms with van der Waals surface area (Å²) in [6.45, 7) is 6.69. The lowest BCUT2D eigenvalue weighted by Crippen LogP contribution is -2.57. The van der Waals surface area contributed by atoms with Crippen LogP contribution in [0.15, 0.2) is 60.7 Å². The van der Waals surface area contributed by atoms with Gasteiger partial charge in [-0.05, 0) is 48.6 Å². The van der Waals surface area contributed by atoms with Crippen LogP contribution in [0.2, 0.25) is 0 Å². The van der Waals surface area contributed by atoms with Crippen LogP contribution in [0, 0.1) is 11.8 Å². The quantitative estimate of drug-likeness (QED) is 0.0258. The van der Waals surface area contributed by atoms with Gasteiger partial charge in [0.15, 0.2) is 0 Å². The second-order valence-corrected chi connectivity index (χ2v) is 16.8. The monoisotopic (exact) mass is 1020 g/mol. The number of aliphatic hydroxyl groups excluding tert-OH is 2. The predicted molar refractivity (Wildman–Crippen MR) is 263 cm³/mol. The Kier molecular flexibility index (Phi) is 32.6. The van der Waals surface area contributed by atoms with Gasteiger partial charge < -0.3 is 67.3 Å². The number of hydrogen-bond donors (Lipinski definition) is 11. The van der Waals surface area contributed by atoms with E-state index in [1.165, 1.54) is 15.0 Å². The second kappa shape index (κ2) is 35.4. The number of carbonyl (C=O) groups excluding carboxylic acids is 7. The van der Waals surface area contributed by atoms with E-state index >= 15 is 0 Å². The average Bonchev–Trinajstić information content (AvgIpc) is 4.26. The SMILES string of the molecule is C.CC(C)C[C@H](NC(=O)[C@@H](N)CO)C(=O)OCc1ccccc1.CC(C)C[C@H](NC(=O)[C@H](CO)NC(=O)[C@H](CCC(N)=O)NC1[B]O1)C(=O)OCc1ccccc1.Cl.NC(=O)CC[C@H](NC1[B]O1)C(=O)O. The van der Waals surface area contributed by atoms with Gasteiger partial charge in [0.2, 0.25) is 29.5 Å². The number of primary amides is 2. The number of ether oxygens (including phenoxy) is 2. The van der Waals surface area contributed by atoms with Gasteiger partial charge in [-0.3, -0.25) is 39.4 Å². The van der Waals surface area contributed by atoms with Gasteiger partial charge in [0, 0.05) is 12.8 Å². The molecule has 0 saturated carbocycles. The van der Waals surface area contributed by atoms with E-state index in [2.05, 4.69) is 31.2 Å². The molecule has 5 amide bonds. The summed E-state index contributed by atoms with van der Waals surface area (Å²) in [5.74, 6) is -4.88. The Morgan fingerprint density at radius 3 is 1.32 bits per heavy atom. The molecule has 2 saturated heterocycles. The van der Waals surface area contributed by atoms with Gasteiger partial charge in [0.25, 0.3) is 0 Å². The summed E-state index contributed by atoms with van der Waals surface area (Å²) in [6.07, 6.45) is 0.262. The van der Waals surface area contributed by atoms with E-state index in [9.17, 15) is 43.5 Å². The molecule has 2 aliphatic rings. The van der Waals surface area contributed by atoms with Gasteiger partial charge in [-0.2, -0.15) is 0 Å². The molecule has 26 heteroatoms. The first-order chi connectivity index (χ1) is 32.7. The summed E-state index contributed by atoms with van der Waals surface area (Å²) >= 11 is 0. The van der Waals surface area contributed by atoms with Gasteiger partial charge in [0.1, 0.15) is 43.4 Å². The summed E-state index contributed by atoms with van der Waals surface area (Å²) in [5, 5.41) is 40.3. The molecule has 23 nitrogen and oxygen atoms in total. The van der Waals surface area contributed by atoms with Crippen molar-refractivity contribution >= 4 is 74.8 Å². The van der Waals surface area contributed by atoms with Gasteiger partial charge in [-0.15, -0.1) is 12.4 Å². The number of halogens is 1. The molecule has 0 aromatic heterocycles. The number of nitrogens with one attached hydrogen (secondary N) is 5. The zero-order valence-electron chi connectivity index (χ0n) is 39.7. The van der Waals surface area contributed by atoms with E-state index in [1.807, 2.05) is 88.4 Å². The van der Waals surface area contributed by atoms with Crippen molar-refractivity contribution in [3.8, 4) is 0 Å². The minimum Gasteiger partial charge on any atom is -0.480 e. The van der Waals surface area contributed by atoms with E-state index in [4.69, 9.17) is 41.5 Å². The van der Waals surface area contributed by atoms with Gasteiger partial charge in [-0.25, -0.2) is 9.59 Å². The Morgan fingerprint density at radius 1 is 0.606 bits per heavy atom. The number of aliphatic carboxylic acids is 1. The van der Waals surface area contributed by atoms with Crippen molar-refractivity contribution in [1.29, 1.82) is 0 Å². The summed E-state index contributed by atoms with van der Waals surface area (Å²) in [6, 6.07) is 12.7. The van der Waals surface area contributed by atoms with E-state index in [-0.39, 0.29) is 76.7 Å². The molecule has 8 atom stereocenters. The van der Waals surface area contributed by atoms with Gasteiger partial charge in [0.05, 0.1) is 31.5 Å². The number of rotatable bonds is 29. The van der Waals surface area contributed by atoms with E-state index in [0.717, 1.165) is 11.1 Å². The molecule has 2 aromatic carbocycles. The van der Waals surface area contributed by atoms with Gasteiger partial charge >= 0.3 is 32.9 Å². The first-order valence-corrected chi connectivity index (χ1v) is 22.3. The van der Waals surface area contributed by atoms with Crippen LogP contribution in [0.3, 0.4) is 0 Å². The van der Waals surface area contributed by atoms with Crippen LogP contribution < -0.4 is 43.8 Å². The Labute approximate surface area is 422 Å². The summed E-state index contributed by atoms with van der Waals surface area (Å²) < 4.78 is 20.2. The predicted octanol–water partition coefficient (Wildman–Crippen LogP) is -1.24. The summed E-state index contributed by atoms with van der Waals surface area (Å²) in [5.41, 5.74) is 17.2. The van der Waals surface area contributed by atoms with Crippen molar-refractivity contribution < 1.29 is 72.5 Å². The van der Waals surface area contributed by atoms with Crippen LogP contribution in [0.5, 0.6) is 0 Å². The first kappa shape index (κ1) is 65.3. The van der Waals surface area contributed by atoms with Crippen molar-refractivity contribution in [1.82, 2.24) is 26.6 Å². The van der Waals surface area contributed by atoms with E-state index < -0.39 is 103 Å². The Morgan fingerprint density at radius 2 is 0.972 bits per heavy atom. The van der Waals surface area contributed by atoms with Crippen LogP contribution in [0.25, 0.3) is 0 Å². The average molecular weight is 1020 g/mol. The molecule has 2 aromatic rings. The number of esters is 2. The first-order valence-electron chi connectivity index (χ1n) is 22.3. The number of carbonyl (C=O) groups is 8. The minimum absolute atomic E-state index is 0. The van der Waals surface area contributed by atoms with Crippen LogP contribution in [-0.4, -0.2) is 139 Å². The van der Waals surface area contributed by atoms with Crippen LogP contribution in [0.1, 0.15) is 84.8 Å². The number of benzene rings is 2. The molecule has 0 aliphatic carbocycles. The smallest absolute Gasteiger partial charge is 0.342 e. The van der Waals surface area contributed by atoms with Crippen molar-refractivity contribution in [2.45, 2.75) is 135 Å². The number of hydrogen-bond acceptors (Lipinski definition) is 17. The Hall–Kier alpha value is -5.66. The molecule has 0 spiro atoms. The second-order valence-electron chi connectivity index (χ2n) is 16.8. The fourth-order valence-electron chi connectivity index (χ4n) is 5.90. The maximum Gasteiger partial charge on any atom is 0.342 e. The number of nitrogens with two attached hydrogens (primary N) is 3. The molecular formula is C45H71B2ClN8O15. The van der Waals surface area contributed by atoms with Crippen molar-refractivity contribution in [3.05, 3.63) is 71.8 Å². The van der Waals surface area contributed by atoms with E-state index in [0.29, 0.717) is 12.8 Å². The van der Waals surface area contributed by atoms with Crippen molar-refractivity contribution in [2.75, 3.05) is 13.2 Å². The number of carboxylic acids is 1. The van der Waals surface area contributed by atoms with Crippen LogP contribution in [0.4, 0.5) is 0 Å². The topological polar surface area (TPSA) is 379 Å². The summed E-state index contributed by atoms with van der Waals surface area (Å²) in [4.78, 5) is 94.1. The Bertz CT molecular complexity index is 1940. The molecular weight excluding hydrogens is 950 g/mol. The number of aliphatic hydroxyl groups is 2. The maximum atomic E-state index is 12.8. The molecule has 4 rings (SSSR count). The van der Waals surface area contributed by atoms with Crippen molar-refractivity contribution in [3.63, 3.8) is 0 Å². The zero-order valence-corrected chi connectivity index (χ0v) is 40.5. The Balaban J connectivity index is 0.00000113. The molecule has 2 radical (unpaired) electrons. The number of amides is 5. The molecule has 2 fully saturated rings. The highest BCUT2D eigenvalue weighted by Crippen LogP contribution is 2.12. The maximum absolute atomic E-state index is 12.8. The fraction of sp³-hybridized carbons (Fsp3) is 0.556. The number of carboxylic acid groups (broad SMARTS) is 1. The largest absolute Gasteiger partial charge is 0.480 e. The fourth-order valence-corrected chi connectivity index (χ4v) is 5.90. The zero-order chi connectivity index (χ0) is 51.5. The molecule has 2 unspecified atom stereocenters. The normalized spacial score (nSPS) is 16.4. The minimum atomic E-state index is -1.31. The lowest BCUT2D eigenvalue weighted by Gasteiger charge is -2.24.